The minimum absolute atomic E-state index is 0.914. The van der Waals surface area contributed by atoms with Crippen molar-refractivity contribution in [2.24, 2.45) is 0 Å². The fraction of sp³-hybridized carbons (Fsp3) is 0. The lowest BCUT2D eigenvalue weighted by Crippen LogP contribution is -1.87. The molecule has 46 heavy (non-hydrogen) atoms. The van der Waals surface area contributed by atoms with E-state index in [4.69, 9.17) is 4.42 Å². The van der Waals surface area contributed by atoms with E-state index in [0.29, 0.717) is 0 Å². The van der Waals surface area contributed by atoms with Crippen molar-refractivity contribution in [3.63, 3.8) is 0 Å². The molecule has 216 valence electrons. The fourth-order valence-corrected chi connectivity index (χ4v) is 8.08. The molecule has 0 aliphatic carbocycles. The molecule has 0 spiro atoms. The maximum atomic E-state index is 6.15. The number of thiophene rings is 1. The molecule has 0 atom stereocenters. The lowest BCUT2D eigenvalue weighted by atomic mass is 9.92. The molecular formula is C44H28OS. The van der Waals surface area contributed by atoms with Crippen LogP contribution in [0.15, 0.2) is 174 Å². The van der Waals surface area contributed by atoms with Gasteiger partial charge in [0.2, 0.25) is 0 Å². The Morgan fingerprint density at radius 3 is 1.52 bits per heavy atom. The molecule has 0 saturated heterocycles. The van der Waals surface area contributed by atoms with E-state index in [-0.39, 0.29) is 0 Å². The van der Waals surface area contributed by atoms with Crippen LogP contribution in [0.2, 0.25) is 0 Å². The highest BCUT2D eigenvalue weighted by Gasteiger charge is 2.20. The molecule has 2 heteroatoms. The number of hydrogen-bond donors (Lipinski definition) is 0. The van der Waals surface area contributed by atoms with Crippen LogP contribution in [-0.4, -0.2) is 0 Å². The number of fused-ring (bicyclic) bond motifs is 4. The second kappa shape index (κ2) is 11.0. The Morgan fingerprint density at radius 1 is 0.304 bits per heavy atom. The monoisotopic (exact) mass is 604 g/mol. The molecular weight excluding hydrogens is 577 g/mol. The van der Waals surface area contributed by atoms with E-state index in [1.165, 1.54) is 65.0 Å². The number of para-hydroxylation sites is 1. The number of hydrogen-bond acceptors (Lipinski definition) is 2. The molecule has 0 radical (unpaired) electrons. The number of benzene rings is 7. The van der Waals surface area contributed by atoms with Crippen molar-refractivity contribution < 1.29 is 4.42 Å². The third-order valence-electron chi connectivity index (χ3n) is 8.94. The summed E-state index contributed by atoms with van der Waals surface area (Å²) in [6.07, 6.45) is 0. The van der Waals surface area contributed by atoms with Gasteiger partial charge in [-0.3, -0.25) is 0 Å². The molecule has 9 aromatic rings. The van der Waals surface area contributed by atoms with Crippen LogP contribution in [0.25, 0.3) is 87.0 Å². The molecule has 1 nitrogen and oxygen atoms in total. The van der Waals surface area contributed by atoms with Gasteiger partial charge in [-0.15, -0.1) is 11.3 Å². The largest absolute Gasteiger partial charge is 0.456 e. The Balaban J connectivity index is 1.28. The quantitative estimate of drug-likeness (QED) is 0.190. The molecule has 0 saturated carbocycles. The summed E-state index contributed by atoms with van der Waals surface area (Å²) in [5, 5.41) is 4.84. The van der Waals surface area contributed by atoms with E-state index in [1.807, 2.05) is 23.5 Å². The highest BCUT2D eigenvalue weighted by Crippen LogP contribution is 2.49. The predicted octanol–water partition coefficient (Wildman–Crippen LogP) is 13.1. The van der Waals surface area contributed by atoms with Gasteiger partial charge < -0.3 is 4.42 Å². The average Bonchev–Trinajstić information content (AvgIpc) is 3.71. The van der Waals surface area contributed by atoms with Crippen molar-refractivity contribution in [2.75, 3.05) is 0 Å². The first-order valence-electron chi connectivity index (χ1n) is 15.6. The Bertz CT molecular complexity index is 2520. The molecule has 0 bridgehead atoms. The van der Waals surface area contributed by atoms with Crippen molar-refractivity contribution in [3.05, 3.63) is 170 Å². The summed E-state index contributed by atoms with van der Waals surface area (Å²) in [4.78, 5) is 2.57. The summed E-state index contributed by atoms with van der Waals surface area (Å²) in [5.74, 6) is 0. The van der Waals surface area contributed by atoms with Crippen molar-refractivity contribution in [3.8, 4) is 54.3 Å². The molecule has 2 aromatic heterocycles. The van der Waals surface area contributed by atoms with Crippen LogP contribution in [0.4, 0.5) is 0 Å². The summed E-state index contributed by atoms with van der Waals surface area (Å²) in [6, 6.07) is 60.9. The third kappa shape index (κ3) is 4.46. The predicted molar refractivity (Wildman–Crippen MR) is 196 cm³/mol. The molecule has 7 aromatic carbocycles. The van der Waals surface area contributed by atoms with Crippen LogP contribution >= 0.6 is 11.3 Å². The number of furan rings is 1. The Kier molecular flexibility index (Phi) is 6.40. The molecule has 0 unspecified atom stereocenters. The van der Waals surface area contributed by atoms with Crippen LogP contribution in [0.3, 0.4) is 0 Å². The van der Waals surface area contributed by atoms with E-state index in [9.17, 15) is 0 Å². The lowest BCUT2D eigenvalue weighted by molar-refractivity contribution is 0.669. The first-order chi connectivity index (χ1) is 22.8. The van der Waals surface area contributed by atoms with Gasteiger partial charge in [0, 0.05) is 42.4 Å². The Morgan fingerprint density at radius 2 is 0.804 bits per heavy atom. The topological polar surface area (TPSA) is 13.1 Å². The minimum atomic E-state index is 0.914. The van der Waals surface area contributed by atoms with Crippen LogP contribution in [0.1, 0.15) is 0 Å². The molecule has 9 rings (SSSR count). The van der Waals surface area contributed by atoms with Gasteiger partial charge in [-0.05, 0) is 57.6 Å². The maximum absolute atomic E-state index is 6.15. The van der Waals surface area contributed by atoms with E-state index < -0.39 is 0 Å². The van der Waals surface area contributed by atoms with Gasteiger partial charge in [0.1, 0.15) is 11.2 Å². The van der Waals surface area contributed by atoms with E-state index >= 15 is 0 Å². The van der Waals surface area contributed by atoms with Crippen molar-refractivity contribution in [2.45, 2.75) is 0 Å². The molecule has 0 amide bonds. The highest BCUT2D eigenvalue weighted by atomic mass is 32.1. The van der Waals surface area contributed by atoms with Gasteiger partial charge >= 0.3 is 0 Å². The second-order valence-electron chi connectivity index (χ2n) is 11.7. The van der Waals surface area contributed by atoms with Gasteiger partial charge in [-0.25, -0.2) is 0 Å². The van der Waals surface area contributed by atoms with E-state index in [2.05, 4.69) is 158 Å². The minimum Gasteiger partial charge on any atom is -0.456 e. The van der Waals surface area contributed by atoms with Crippen molar-refractivity contribution in [1.82, 2.24) is 0 Å². The second-order valence-corrected chi connectivity index (χ2v) is 12.7. The van der Waals surface area contributed by atoms with Crippen LogP contribution in [0.5, 0.6) is 0 Å². The summed E-state index contributed by atoms with van der Waals surface area (Å²) in [6.45, 7) is 0. The van der Waals surface area contributed by atoms with Gasteiger partial charge in [-0.1, -0.05) is 146 Å². The van der Waals surface area contributed by atoms with E-state index in [1.54, 1.807) is 0 Å². The van der Waals surface area contributed by atoms with Crippen molar-refractivity contribution >= 4 is 44.0 Å². The molecule has 0 aliphatic rings. The average molecular weight is 605 g/mol. The summed E-state index contributed by atoms with van der Waals surface area (Å²) in [7, 11) is 0. The zero-order valence-electron chi connectivity index (χ0n) is 25.0. The first-order valence-corrected chi connectivity index (χ1v) is 16.4. The molecule has 0 fully saturated rings. The third-order valence-corrected chi connectivity index (χ3v) is 10.2. The molecule has 0 N–H and O–H groups in total. The van der Waals surface area contributed by atoms with Gasteiger partial charge in [-0.2, -0.15) is 0 Å². The van der Waals surface area contributed by atoms with Gasteiger partial charge in [0.25, 0.3) is 0 Å². The summed E-state index contributed by atoms with van der Waals surface area (Å²) in [5.41, 5.74) is 11.6. The highest BCUT2D eigenvalue weighted by molar-refractivity contribution is 7.21. The van der Waals surface area contributed by atoms with Crippen LogP contribution in [-0.2, 0) is 0 Å². The van der Waals surface area contributed by atoms with E-state index in [0.717, 1.165) is 21.9 Å². The first kappa shape index (κ1) is 26.7. The normalized spacial score (nSPS) is 11.5. The fourth-order valence-electron chi connectivity index (χ4n) is 6.73. The Labute approximate surface area is 271 Å². The van der Waals surface area contributed by atoms with Crippen LogP contribution < -0.4 is 0 Å². The van der Waals surface area contributed by atoms with Gasteiger partial charge in [0.05, 0.1) is 0 Å². The van der Waals surface area contributed by atoms with Crippen molar-refractivity contribution in [1.29, 1.82) is 0 Å². The molecule has 0 aliphatic heterocycles. The van der Waals surface area contributed by atoms with Crippen LogP contribution in [0, 0.1) is 0 Å². The zero-order valence-corrected chi connectivity index (χ0v) is 25.8. The maximum Gasteiger partial charge on any atom is 0.135 e. The number of rotatable bonds is 5. The lowest BCUT2D eigenvalue weighted by Gasteiger charge is -2.13. The summed E-state index contributed by atoms with van der Waals surface area (Å²) >= 11 is 1.89. The standard InChI is InChI=1S/C44H28OS/c1-3-13-29(14-4-1)33-17-7-8-19-36(33)43-37-20-9-10-21-38(37)44(46-43)40-28-31(23-25-34(40)30-15-5-2-6-16-30)32-24-26-42-39(27-32)35-18-11-12-22-41(35)45-42/h1-28H. The summed E-state index contributed by atoms with van der Waals surface area (Å²) < 4.78 is 6.15. The molecule has 2 heterocycles. The van der Waals surface area contributed by atoms with Gasteiger partial charge in [0.15, 0.2) is 0 Å². The Hall–Kier alpha value is -5.70. The SMILES string of the molecule is c1ccc(-c2ccccc2-c2sc(-c3cc(-c4ccc5oc6ccccc6c5c4)ccc3-c3ccccc3)c3ccccc23)cc1. The smallest absolute Gasteiger partial charge is 0.135 e. The zero-order chi connectivity index (χ0) is 30.5.